The minimum absolute atomic E-state index is 1.00. The van der Waals surface area contributed by atoms with Gasteiger partial charge in [-0.15, -0.1) is 0 Å². The average molecular weight is 134 g/mol. The van der Waals surface area contributed by atoms with Crippen molar-refractivity contribution in [2.75, 3.05) is 0 Å². The van der Waals surface area contributed by atoms with Crippen LogP contribution < -0.4 is 0 Å². The quantitative estimate of drug-likeness (QED) is 0.477. The molecule has 4 aliphatic rings. The van der Waals surface area contributed by atoms with Crippen LogP contribution in [0.5, 0.6) is 0 Å². The molecule has 3 unspecified atom stereocenters. The van der Waals surface area contributed by atoms with Gasteiger partial charge in [-0.3, -0.25) is 0 Å². The predicted octanol–water partition coefficient (Wildman–Crippen LogP) is 2.44. The summed E-state index contributed by atoms with van der Waals surface area (Å²) in [6, 6.07) is 0. The van der Waals surface area contributed by atoms with Gasteiger partial charge in [-0.05, 0) is 54.8 Å². The summed E-state index contributed by atoms with van der Waals surface area (Å²) < 4.78 is 0. The van der Waals surface area contributed by atoms with Crippen molar-refractivity contribution in [3.05, 3.63) is 0 Å². The summed E-state index contributed by atoms with van der Waals surface area (Å²) in [6.45, 7) is 0. The van der Waals surface area contributed by atoms with Crippen LogP contribution in [0.25, 0.3) is 0 Å². The van der Waals surface area contributed by atoms with Crippen molar-refractivity contribution in [2.24, 2.45) is 29.1 Å². The van der Waals surface area contributed by atoms with E-state index < -0.39 is 0 Å². The molecule has 0 radical (unpaired) electrons. The summed E-state index contributed by atoms with van der Waals surface area (Å²) in [4.78, 5) is 0. The zero-order chi connectivity index (χ0) is 6.34. The zero-order valence-electron chi connectivity index (χ0n) is 6.34. The maximum Gasteiger partial charge on any atom is -0.0204 e. The maximum absolute atomic E-state index is 1.65. The van der Waals surface area contributed by atoms with E-state index in [0.717, 1.165) is 5.41 Å². The van der Waals surface area contributed by atoms with Gasteiger partial charge in [-0.25, -0.2) is 0 Å². The smallest absolute Gasteiger partial charge is 0.0204 e. The summed E-state index contributed by atoms with van der Waals surface area (Å²) in [5.74, 6) is 4.99. The van der Waals surface area contributed by atoms with Crippen LogP contribution >= 0.6 is 0 Å². The van der Waals surface area contributed by atoms with E-state index in [-0.39, 0.29) is 0 Å². The van der Waals surface area contributed by atoms with Gasteiger partial charge in [0.2, 0.25) is 0 Å². The molecule has 4 rings (SSSR count). The van der Waals surface area contributed by atoms with Crippen LogP contribution in [0.4, 0.5) is 0 Å². The van der Waals surface area contributed by atoms with Gasteiger partial charge in [0.25, 0.3) is 0 Å². The summed E-state index contributed by atoms with van der Waals surface area (Å²) in [5.41, 5.74) is 1.00. The molecule has 0 aliphatic heterocycles. The molecule has 0 N–H and O–H groups in total. The van der Waals surface area contributed by atoms with Crippen molar-refractivity contribution in [1.29, 1.82) is 0 Å². The van der Waals surface area contributed by atoms with Crippen LogP contribution in [-0.2, 0) is 0 Å². The highest BCUT2D eigenvalue weighted by Gasteiger charge is 2.78. The molecule has 0 amide bonds. The highest BCUT2D eigenvalue weighted by atomic mass is 14.8. The van der Waals surface area contributed by atoms with Crippen LogP contribution in [0.2, 0.25) is 0 Å². The second-order valence-electron chi connectivity index (χ2n) is 5.06. The molecule has 0 heteroatoms. The monoisotopic (exact) mass is 134 g/mol. The van der Waals surface area contributed by atoms with Gasteiger partial charge in [0.15, 0.2) is 0 Å². The molecule has 5 atom stereocenters. The second-order valence-corrected chi connectivity index (χ2v) is 5.06. The highest BCUT2D eigenvalue weighted by molar-refractivity contribution is 5.27. The fraction of sp³-hybridized carbons (Fsp3) is 1.00. The maximum atomic E-state index is 1.65. The zero-order valence-corrected chi connectivity index (χ0v) is 6.34. The molecule has 0 aromatic rings. The fourth-order valence-corrected chi connectivity index (χ4v) is 4.71. The standard InChI is InChI=1S/C10H14/c1-2-7-9-5-6-4-8(6)10(7,9)3-1/h6-9H,1-5H2/t6?,7?,8-,9?,10+/m0/s1. The van der Waals surface area contributed by atoms with E-state index in [1.165, 1.54) is 23.7 Å². The van der Waals surface area contributed by atoms with Crippen molar-refractivity contribution in [3.63, 3.8) is 0 Å². The molecule has 0 nitrogen and oxygen atoms in total. The molecule has 1 spiro atoms. The van der Waals surface area contributed by atoms with E-state index in [9.17, 15) is 0 Å². The Morgan fingerprint density at radius 1 is 1.00 bits per heavy atom. The second kappa shape index (κ2) is 1.09. The SMILES string of the molecule is C1CC2C3CC4C[C@@H]4[C@@]23C1. The van der Waals surface area contributed by atoms with Crippen LogP contribution in [0.3, 0.4) is 0 Å². The lowest BCUT2D eigenvalue weighted by atomic mass is 9.97. The van der Waals surface area contributed by atoms with Gasteiger partial charge in [0, 0.05) is 0 Å². The molecule has 4 fully saturated rings. The van der Waals surface area contributed by atoms with Gasteiger partial charge in [-0.2, -0.15) is 0 Å². The minimum Gasteiger partial charge on any atom is -0.0525 e. The van der Waals surface area contributed by atoms with Crippen molar-refractivity contribution >= 4 is 0 Å². The molecular weight excluding hydrogens is 120 g/mol. The van der Waals surface area contributed by atoms with Gasteiger partial charge in [0.05, 0.1) is 0 Å². The molecule has 10 heavy (non-hydrogen) atoms. The van der Waals surface area contributed by atoms with E-state index in [4.69, 9.17) is 0 Å². The lowest BCUT2D eigenvalue weighted by Crippen LogP contribution is -2.00. The number of hydrogen-bond donors (Lipinski definition) is 0. The van der Waals surface area contributed by atoms with Crippen LogP contribution in [0.1, 0.15) is 32.1 Å². The first-order valence-electron chi connectivity index (χ1n) is 4.93. The van der Waals surface area contributed by atoms with Crippen LogP contribution in [-0.4, -0.2) is 0 Å². The molecule has 0 aromatic carbocycles. The van der Waals surface area contributed by atoms with Crippen molar-refractivity contribution in [3.8, 4) is 0 Å². The van der Waals surface area contributed by atoms with Crippen molar-refractivity contribution in [1.82, 2.24) is 0 Å². The van der Waals surface area contributed by atoms with E-state index in [1.807, 2.05) is 0 Å². The molecule has 0 heterocycles. The first-order valence-corrected chi connectivity index (χ1v) is 4.93. The van der Waals surface area contributed by atoms with E-state index in [0.29, 0.717) is 0 Å². The van der Waals surface area contributed by atoms with Gasteiger partial charge in [-0.1, -0.05) is 6.42 Å². The Kier molecular flexibility index (Phi) is 0.522. The molecule has 0 aromatic heterocycles. The number of rotatable bonds is 0. The normalized spacial score (nSPS) is 74.4. The number of fused-ring (bicyclic) bond motifs is 2. The third-order valence-corrected chi connectivity index (χ3v) is 5.05. The Morgan fingerprint density at radius 2 is 1.90 bits per heavy atom. The molecule has 4 saturated carbocycles. The average Bonchev–Trinajstić information content (AvgIpc) is 2.76. The third-order valence-electron chi connectivity index (χ3n) is 5.05. The lowest BCUT2D eigenvalue weighted by molar-refractivity contribution is 0.412. The van der Waals surface area contributed by atoms with E-state index >= 15 is 0 Å². The summed E-state index contributed by atoms with van der Waals surface area (Å²) in [7, 11) is 0. The van der Waals surface area contributed by atoms with Gasteiger partial charge < -0.3 is 0 Å². The molecule has 4 aliphatic carbocycles. The van der Waals surface area contributed by atoms with Crippen molar-refractivity contribution < 1.29 is 0 Å². The molecule has 54 valence electrons. The summed E-state index contributed by atoms with van der Waals surface area (Å²) in [6.07, 6.45) is 8.09. The highest BCUT2D eigenvalue weighted by Crippen LogP contribution is 2.85. The first-order chi connectivity index (χ1) is 4.93. The topological polar surface area (TPSA) is 0 Å². The third kappa shape index (κ3) is 0.286. The van der Waals surface area contributed by atoms with Gasteiger partial charge >= 0.3 is 0 Å². The summed E-state index contributed by atoms with van der Waals surface area (Å²) in [5, 5.41) is 0. The summed E-state index contributed by atoms with van der Waals surface area (Å²) >= 11 is 0. The molecule has 0 saturated heterocycles. The number of hydrogen-bond acceptors (Lipinski definition) is 0. The van der Waals surface area contributed by atoms with Gasteiger partial charge in [0.1, 0.15) is 0 Å². The molecule has 0 bridgehead atoms. The Hall–Kier alpha value is 0. The Balaban J connectivity index is 1.84. The van der Waals surface area contributed by atoms with Crippen molar-refractivity contribution in [2.45, 2.75) is 32.1 Å². The molecular formula is C10H14. The Labute approximate surface area is 62.0 Å². The van der Waals surface area contributed by atoms with Crippen LogP contribution in [0.15, 0.2) is 0 Å². The minimum atomic E-state index is 1.00. The first kappa shape index (κ1) is 4.79. The Morgan fingerprint density at radius 3 is 2.80 bits per heavy atom. The lowest BCUT2D eigenvalue weighted by Gasteiger charge is -2.07. The predicted molar refractivity (Wildman–Crippen MR) is 39.5 cm³/mol. The largest absolute Gasteiger partial charge is 0.0525 e. The fourth-order valence-electron chi connectivity index (χ4n) is 4.71. The van der Waals surface area contributed by atoms with E-state index in [2.05, 4.69) is 0 Å². The van der Waals surface area contributed by atoms with Crippen LogP contribution in [0, 0.1) is 29.1 Å². The van der Waals surface area contributed by atoms with E-state index in [1.54, 1.807) is 32.1 Å². The Bertz CT molecular complexity index is 197.